The van der Waals surface area contributed by atoms with Crippen molar-refractivity contribution in [2.24, 2.45) is 12.5 Å². The number of para-hydroxylation sites is 1. The molecule has 0 amide bonds. The van der Waals surface area contributed by atoms with Gasteiger partial charge in [0.1, 0.15) is 0 Å². The second-order valence-electron chi connectivity index (χ2n) is 6.30. The molecule has 1 fully saturated rings. The molecule has 1 unspecified atom stereocenters. The fourth-order valence-electron chi connectivity index (χ4n) is 3.25. The fraction of sp³-hybridized carbons (Fsp3) is 0.588. The summed E-state index contributed by atoms with van der Waals surface area (Å²) in [4.78, 5) is 0. The molecule has 1 aromatic heterocycles. The summed E-state index contributed by atoms with van der Waals surface area (Å²) in [5, 5.41) is 9.77. The third-order valence-electron chi connectivity index (χ3n) is 4.87. The van der Waals surface area contributed by atoms with Crippen LogP contribution in [0.1, 0.15) is 38.8 Å². The van der Waals surface area contributed by atoms with Crippen molar-refractivity contribution in [1.29, 1.82) is 0 Å². The van der Waals surface area contributed by atoms with E-state index < -0.39 is 0 Å². The smallest absolute Gasteiger partial charge is 0.0709 e. The quantitative estimate of drug-likeness (QED) is 0.873. The highest BCUT2D eigenvalue weighted by molar-refractivity contribution is 5.82. The second-order valence-corrected chi connectivity index (χ2v) is 6.30. The Morgan fingerprint density at radius 2 is 2.10 bits per heavy atom. The van der Waals surface area contributed by atoms with Crippen molar-refractivity contribution in [2.45, 2.75) is 45.6 Å². The zero-order valence-corrected chi connectivity index (χ0v) is 12.8. The largest absolute Gasteiger partial charge is 0.314 e. The van der Waals surface area contributed by atoms with Gasteiger partial charge in [0.25, 0.3) is 0 Å². The van der Waals surface area contributed by atoms with Gasteiger partial charge >= 0.3 is 0 Å². The zero-order valence-electron chi connectivity index (χ0n) is 12.8. The van der Waals surface area contributed by atoms with Crippen molar-refractivity contribution in [3.8, 4) is 0 Å². The van der Waals surface area contributed by atoms with E-state index in [0.29, 0.717) is 11.5 Å². The van der Waals surface area contributed by atoms with Crippen LogP contribution in [-0.4, -0.2) is 22.4 Å². The monoisotopic (exact) mass is 271 g/mol. The van der Waals surface area contributed by atoms with Gasteiger partial charge in [-0.25, -0.2) is 0 Å². The van der Waals surface area contributed by atoms with Gasteiger partial charge in [-0.2, -0.15) is 5.10 Å². The summed E-state index contributed by atoms with van der Waals surface area (Å²) >= 11 is 0. The number of nitrogens with one attached hydrogen (secondary N) is 1. The maximum atomic E-state index is 4.77. The topological polar surface area (TPSA) is 29.9 Å². The van der Waals surface area contributed by atoms with Crippen molar-refractivity contribution < 1.29 is 0 Å². The molecular weight excluding hydrogens is 246 g/mol. The van der Waals surface area contributed by atoms with E-state index in [4.69, 9.17) is 5.10 Å². The molecule has 108 valence electrons. The van der Waals surface area contributed by atoms with E-state index in [2.05, 4.69) is 43.4 Å². The minimum absolute atomic E-state index is 0.437. The van der Waals surface area contributed by atoms with E-state index in [1.807, 2.05) is 11.7 Å². The van der Waals surface area contributed by atoms with Crippen molar-refractivity contribution in [3.63, 3.8) is 0 Å². The first-order chi connectivity index (χ1) is 9.66. The molecule has 1 atom stereocenters. The lowest BCUT2D eigenvalue weighted by Crippen LogP contribution is -2.36. The highest BCUT2D eigenvalue weighted by Crippen LogP contribution is 2.51. The van der Waals surface area contributed by atoms with E-state index >= 15 is 0 Å². The Kier molecular flexibility index (Phi) is 3.55. The van der Waals surface area contributed by atoms with Crippen LogP contribution >= 0.6 is 0 Å². The third-order valence-corrected chi connectivity index (χ3v) is 4.87. The molecule has 1 aromatic carbocycles. The van der Waals surface area contributed by atoms with E-state index in [0.717, 1.165) is 13.0 Å². The van der Waals surface area contributed by atoms with Gasteiger partial charge in [-0.3, -0.25) is 4.68 Å². The molecule has 0 bridgehead atoms. The maximum absolute atomic E-state index is 4.77. The minimum Gasteiger partial charge on any atom is -0.314 e. The first-order valence-corrected chi connectivity index (χ1v) is 7.80. The molecule has 1 aliphatic carbocycles. The predicted octanol–water partition coefficient (Wildman–Crippen LogP) is 3.28. The normalized spacial score (nSPS) is 18.4. The summed E-state index contributed by atoms with van der Waals surface area (Å²) in [5.74, 6) is 0. The minimum atomic E-state index is 0.437. The van der Waals surface area contributed by atoms with E-state index in [-0.39, 0.29) is 0 Å². The van der Waals surface area contributed by atoms with Gasteiger partial charge in [0, 0.05) is 18.5 Å². The molecule has 3 heteroatoms. The van der Waals surface area contributed by atoms with Gasteiger partial charge in [0.2, 0.25) is 0 Å². The van der Waals surface area contributed by atoms with Gasteiger partial charge in [-0.15, -0.1) is 0 Å². The zero-order chi connectivity index (χ0) is 14.2. The molecule has 0 saturated heterocycles. The number of benzene rings is 1. The van der Waals surface area contributed by atoms with Crippen LogP contribution in [-0.2, 0) is 13.5 Å². The number of hydrogen-bond donors (Lipinski definition) is 1. The summed E-state index contributed by atoms with van der Waals surface area (Å²) < 4.78 is 2.02. The van der Waals surface area contributed by atoms with Crippen LogP contribution in [0.3, 0.4) is 0 Å². The van der Waals surface area contributed by atoms with Crippen LogP contribution in [0.2, 0.25) is 0 Å². The number of nitrogens with zero attached hydrogens (tertiary/aromatic N) is 2. The lowest BCUT2D eigenvalue weighted by atomic mass is 9.91. The Bertz CT molecular complexity index is 595. The molecule has 1 heterocycles. The lowest BCUT2D eigenvalue weighted by Gasteiger charge is -2.24. The van der Waals surface area contributed by atoms with Crippen LogP contribution in [0.4, 0.5) is 0 Å². The number of fused-ring (bicyclic) bond motifs is 1. The number of aromatic nitrogens is 2. The molecule has 3 nitrogen and oxygen atoms in total. The Labute approximate surface area is 121 Å². The molecule has 1 aliphatic rings. The van der Waals surface area contributed by atoms with Crippen molar-refractivity contribution in [2.75, 3.05) is 6.54 Å². The van der Waals surface area contributed by atoms with Crippen LogP contribution in [0.5, 0.6) is 0 Å². The molecule has 2 aromatic rings. The van der Waals surface area contributed by atoms with Gasteiger partial charge in [0.15, 0.2) is 0 Å². The standard InChI is InChI=1S/C17H25N3/c1-4-11-18-13(2)17(9-10-17)12-15-14-7-5-6-8-16(14)20(3)19-15/h5-8,13,18H,4,9-12H2,1-3H3. The van der Waals surface area contributed by atoms with Crippen LogP contribution in [0.25, 0.3) is 10.9 Å². The highest BCUT2D eigenvalue weighted by Gasteiger charge is 2.47. The molecule has 1 N–H and O–H groups in total. The Morgan fingerprint density at radius 1 is 1.35 bits per heavy atom. The van der Waals surface area contributed by atoms with Gasteiger partial charge < -0.3 is 5.32 Å². The van der Waals surface area contributed by atoms with Crippen molar-refractivity contribution in [1.82, 2.24) is 15.1 Å². The van der Waals surface area contributed by atoms with Crippen LogP contribution in [0.15, 0.2) is 24.3 Å². The Balaban J connectivity index is 1.83. The highest BCUT2D eigenvalue weighted by atomic mass is 15.3. The van der Waals surface area contributed by atoms with E-state index in [9.17, 15) is 0 Å². The summed E-state index contributed by atoms with van der Waals surface area (Å²) in [6, 6.07) is 9.16. The number of aryl methyl sites for hydroxylation is 1. The van der Waals surface area contributed by atoms with Gasteiger partial charge in [0.05, 0.1) is 11.2 Å². The number of rotatable bonds is 6. The first kappa shape index (κ1) is 13.6. The summed E-state index contributed by atoms with van der Waals surface area (Å²) in [6.45, 7) is 5.69. The van der Waals surface area contributed by atoms with Gasteiger partial charge in [-0.1, -0.05) is 25.1 Å². The molecule has 0 spiro atoms. The first-order valence-electron chi connectivity index (χ1n) is 7.80. The molecular formula is C17H25N3. The van der Waals surface area contributed by atoms with Gasteiger partial charge in [-0.05, 0) is 50.6 Å². The summed E-state index contributed by atoms with van der Waals surface area (Å²) in [6.07, 6.45) is 4.96. The third kappa shape index (κ3) is 2.35. The average Bonchev–Trinajstić information content (AvgIpc) is 3.18. The molecule has 3 rings (SSSR count). The Morgan fingerprint density at radius 3 is 2.80 bits per heavy atom. The molecule has 1 saturated carbocycles. The summed E-state index contributed by atoms with van der Waals surface area (Å²) in [7, 11) is 2.05. The number of hydrogen-bond acceptors (Lipinski definition) is 2. The van der Waals surface area contributed by atoms with Crippen molar-refractivity contribution in [3.05, 3.63) is 30.0 Å². The van der Waals surface area contributed by atoms with Crippen LogP contribution < -0.4 is 5.32 Å². The second kappa shape index (κ2) is 5.21. The predicted molar refractivity (Wildman–Crippen MR) is 83.8 cm³/mol. The average molecular weight is 271 g/mol. The SMILES string of the molecule is CCCNC(C)C1(Cc2nn(C)c3ccccc23)CC1. The Hall–Kier alpha value is -1.35. The lowest BCUT2D eigenvalue weighted by molar-refractivity contribution is 0.347. The molecule has 0 radical (unpaired) electrons. The fourth-order valence-corrected chi connectivity index (χ4v) is 3.25. The molecule has 0 aliphatic heterocycles. The molecule has 20 heavy (non-hydrogen) atoms. The maximum Gasteiger partial charge on any atom is 0.0709 e. The summed E-state index contributed by atoms with van der Waals surface area (Å²) in [5.41, 5.74) is 2.95. The van der Waals surface area contributed by atoms with Crippen LogP contribution in [0, 0.1) is 5.41 Å². The van der Waals surface area contributed by atoms with E-state index in [1.165, 1.54) is 35.9 Å². The van der Waals surface area contributed by atoms with E-state index in [1.54, 1.807) is 0 Å². The van der Waals surface area contributed by atoms with Crippen molar-refractivity contribution >= 4 is 10.9 Å².